The Kier molecular flexibility index (Phi) is 6.03. The summed E-state index contributed by atoms with van der Waals surface area (Å²) in [6.07, 6.45) is 0.241. The van der Waals surface area contributed by atoms with Crippen LogP contribution in [0.25, 0.3) is 0 Å². The minimum Gasteiger partial charge on any atom is -0.493 e. The van der Waals surface area contributed by atoms with Gasteiger partial charge < -0.3 is 24.4 Å². The molecule has 0 radical (unpaired) electrons. The summed E-state index contributed by atoms with van der Waals surface area (Å²) in [7, 11) is 3.10. The number of hydrogen-bond donors (Lipinski definition) is 1. The van der Waals surface area contributed by atoms with E-state index < -0.39 is 0 Å². The predicted molar refractivity (Wildman–Crippen MR) is 105 cm³/mol. The van der Waals surface area contributed by atoms with Crippen LogP contribution in [0.2, 0.25) is 0 Å². The third-order valence-electron chi connectivity index (χ3n) is 4.53. The van der Waals surface area contributed by atoms with Crippen LogP contribution in [0.15, 0.2) is 42.5 Å². The van der Waals surface area contributed by atoms with Gasteiger partial charge in [-0.3, -0.25) is 9.59 Å². The van der Waals surface area contributed by atoms with Crippen molar-refractivity contribution in [2.75, 3.05) is 32.3 Å². The molecule has 1 saturated heterocycles. The zero-order valence-electron chi connectivity index (χ0n) is 16.2. The Morgan fingerprint density at radius 1 is 1.14 bits per heavy atom. The number of carbonyl (C=O) groups excluding carboxylic acids is 2. The third kappa shape index (κ3) is 4.54. The molecule has 1 N–H and O–H groups in total. The fraction of sp³-hybridized carbons (Fsp3) is 0.333. The quantitative estimate of drug-likeness (QED) is 0.793. The monoisotopic (exact) mass is 384 g/mol. The first-order valence-electron chi connectivity index (χ1n) is 9.01. The Bertz CT molecular complexity index is 868. The molecule has 148 valence electrons. The van der Waals surface area contributed by atoms with Crippen LogP contribution < -0.4 is 24.4 Å². The molecule has 0 bridgehead atoms. The first-order chi connectivity index (χ1) is 13.5. The van der Waals surface area contributed by atoms with E-state index in [9.17, 15) is 9.59 Å². The molecule has 1 fully saturated rings. The Labute approximate surface area is 164 Å². The van der Waals surface area contributed by atoms with Gasteiger partial charge >= 0.3 is 0 Å². The molecule has 0 aromatic heterocycles. The van der Waals surface area contributed by atoms with Gasteiger partial charge in [0.05, 0.1) is 20.3 Å². The van der Waals surface area contributed by atoms with Crippen molar-refractivity contribution in [1.29, 1.82) is 0 Å². The normalized spacial score (nSPS) is 16.0. The maximum absolute atomic E-state index is 12.4. The molecule has 0 aliphatic carbocycles. The molecule has 2 amide bonds. The van der Waals surface area contributed by atoms with E-state index in [1.54, 1.807) is 43.4 Å². The van der Waals surface area contributed by atoms with Crippen molar-refractivity contribution < 1.29 is 23.8 Å². The molecule has 28 heavy (non-hydrogen) atoms. The number of aryl methyl sites for hydroxylation is 1. The van der Waals surface area contributed by atoms with Crippen molar-refractivity contribution >= 4 is 17.5 Å². The van der Waals surface area contributed by atoms with Crippen molar-refractivity contribution in [3.63, 3.8) is 0 Å². The van der Waals surface area contributed by atoms with Gasteiger partial charge in [0.25, 0.3) is 5.91 Å². The lowest BCUT2D eigenvalue weighted by atomic mass is 10.2. The summed E-state index contributed by atoms with van der Waals surface area (Å²) in [6, 6.07) is 12.5. The fourth-order valence-electron chi connectivity index (χ4n) is 3.17. The first-order valence-corrected chi connectivity index (χ1v) is 9.01. The zero-order valence-corrected chi connectivity index (χ0v) is 16.2. The molecule has 1 aliphatic rings. The van der Waals surface area contributed by atoms with Crippen LogP contribution in [-0.4, -0.2) is 45.2 Å². The molecular weight excluding hydrogens is 360 g/mol. The largest absolute Gasteiger partial charge is 0.493 e. The van der Waals surface area contributed by atoms with Crippen molar-refractivity contribution in [2.45, 2.75) is 19.4 Å². The van der Waals surface area contributed by atoms with Gasteiger partial charge in [-0.15, -0.1) is 0 Å². The van der Waals surface area contributed by atoms with Gasteiger partial charge in [-0.05, 0) is 36.8 Å². The average Bonchev–Trinajstić information content (AvgIpc) is 3.05. The van der Waals surface area contributed by atoms with Crippen LogP contribution in [0.1, 0.15) is 12.0 Å². The standard InChI is InChI=1S/C21H24N2O5/c1-14-5-4-6-17(9-14)28-13-20(24)22-15-10-21(25)23(12-15)16-7-8-18(26-2)19(11-16)27-3/h4-9,11,15H,10,12-13H2,1-3H3,(H,22,24)/t15-/m0/s1. The third-order valence-corrected chi connectivity index (χ3v) is 4.53. The Hall–Kier alpha value is -3.22. The predicted octanol–water partition coefficient (Wildman–Crippen LogP) is 2.31. The van der Waals surface area contributed by atoms with E-state index in [1.165, 1.54) is 0 Å². The van der Waals surface area contributed by atoms with Gasteiger partial charge in [0, 0.05) is 24.7 Å². The number of benzene rings is 2. The average molecular weight is 384 g/mol. The van der Waals surface area contributed by atoms with Crippen LogP contribution >= 0.6 is 0 Å². The van der Waals surface area contributed by atoms with Gasteiger partial charge in [0.15, 0.2) is 18.1 Å². The fourth-order valence-corrected chi connectivity index (χ4v) is 3.17. The minimum absolute atomic E-state index is 0.0582. The summed E-state index contributed by atoms with van der Waals surface area (Å²) < 4.78 is 16.0. The van der Waals surface area contributed by atoms with E-state index in [0.29, 0.717) is 29.5 Å². The Balaban J connectivity index is 1.57. The van der Waals surface area contributed by atoms with Crippen molar-refractivity contribution in [3.8, 4) is 17.2 Å². The zero-order chi connectivity index (χ0) is 20.1. The number of nitrogens with one attached hydrogen (secondary N) is 1. The number of anilines is 1. The molecule has 7 nitrogen and oxygen atoms in total. The van der Waals surface area contributed by atoms with Gasteiger partial charge in [-0.2, -0.15) is 0 Å². The molecule has 1 heterocycles. The van der Waals surface area contributed by atoms with Crippen LogP contribution in [0.4, 0.5) is 5.69 Å². The highest BCUT2D eigenvalue weighted by atomic mass is 16.5. The van der Waals surface area contributed by atoms with E-state index in [4.69, 9.17) is 14.2 Å². The molecule has 0 saturated carbocycles. The minimum atomic E-state index is -0.269. The first kappa shape index (κ1) is 19.5. The molecule has 2 aromatic rings. The highest BCUT2D eigenvalue weighted by molar-refractivity contribution is 5.97. The highest BCUT2D eigenvalue weighted by Gasteiger charge is 2.32. The van der Waals surface area contributed by atoms with E-state index >= 15 is 0 Å². The lowest BCUT2D eigenvalue weighted by Gasteiger charge is -2.19. The van der Waals surface area contributed by atoms with Crippen molar-refractivity contribution in [2.24, 2.45) is 0 Å². The Morgan fingerprint density at radius 3 is 2.64 bits per heavy atom. The SMILES string of the molecule is COc1ccc(N2C[C@@H](NC(=O)COc3cccc(C)c3)CC2=O)cc1OC. The van der Waals surface area contributed by atoms with Crippen molar-refractivity contribution in [1.82, 2.24) is 5.32 Å². The van der Waals surface area contributed by atoms with Gasteiger partial charge in [0.1, 0.15) is 5.75 Å². The molecule has 7 heteroatoms. The topological polar surface area (TPSA) is 77.1 Å². The summed E-state index contributed by atoms with van der Waals surface area (Å²) >= 11 is 0. The maximum atomic E-state index is 12.4. The number of ether oxygens (including phenoxy) is 3. The number of carbonyl (C=O) groups is 2. The van der Waals surface area contributed by atoms with Crippen LogP contribution in [0.5, 0.6) is 17.2 Å². The van der Waals surface area contributed by atoms with E-state index in [2.05, 4.69) is 5.32 Å². The second-order valence-electron chi connectivity index (χ2n) is 6.62. The van der Waals surface area contributed by atoms with Crippen LogP contribution in [-0.2, 0) is 9.59 Å². The molecule has 2 aromatic carbocycles. The van der Waals surface area contributed by atoms with Crippen LogP contribution in [0.3, 0.4) is 0 Å². The van der Waals surface area contributed by atoms with E-state index in [0.717, 1.165) is 5.56 Å². The van der Waals surface area contributed by atoms with Gasteiger partial charge in [-0.25, -0.2) is 0 Å². The summed E-state index contributed by atoms with van der Waals surface area (Å²) in [4.78, 5) is 26.2. The van der Waals surface area contributed by atoms with Gasteiger partial charge in [-0.1, -0.05) is 12.1 Å². The number of methoxy groups -OCH3 is 2. The number of hydrogen-bond acceptors (Lipinski definition) is 5. The number of amides is 2. The highest BCUT2D eigenvalue weighted by Crippen LogP contribution is 2.33. The van der Waals surface area contributed by atoms with E-state index in [1.807, 2.05) is 25.1 Å². The molecular formula is C21H24N2O5. The summed E-state index contributed by atoms with van der Waals surface area (Å²) in [5, 5.41) is 2.86. The molecule has 0 spiro atoms. The molecule has 0 unspecified atom stereocenters. The van der Waals surface area contributed by atoms with Crippen LogP contribution in [0, 0.1) is 6.92 Å². The summed E-state index contributed by atoms with van der Waals surface area (Å²) in [5.41, 5.74) is 1.76. The summed E-state index contributed by atoms with van der Waals surface area (Å²) in [5.74, 6) is 1.47. The smallest absolute Gasteiger partial charge is 0.258 e. The maximum Gasteiger partial charge on any atom is 0.258 e. The van der Waals surface area contributed by atoms with Gasteiger partial charge in [0.2, 0.25) is 5.91 Å². The van der Waals surface area contributed by atoms with E-state index in [-0.39, 0.29) is 30.9 Å². The lowest BCUT2D eigenvalue weighted by Crippen LogP contribution is -2.39. The second kappa shape index (κ2) is 8.65. The molecule has 3 rings (SSSR count). The number of rotatable bonds is 7. The molecule has 1 aliphatic heterocycles. The lowest BCUT2D eigenvalue weighted by molar-refractivity contribution is -0.123. The van der Waals surface area contributed by atoms with Crippen molar-refractivity contribution in [3.05, 3.63) is 48.0 Å². The second-order valence-corrected chi connectivity index (χ2v) is 6.62. The Morgan fingerprint density at radius 2 is 1.93 bits per heavy atom. The summed E-state index contributed by atoms with van der Waals surface area (Å²) in [6.45, 7) is 2.26. The molecule has 1 atom stereocenters. The number of nitrogens with zero attached hydrogens (tertiary/aromatic N) is 1.